The summed E-state index contributed by atoms with van der Waals surface area (Å²) in [5.74, 6) is -0.662. The van der Waals surface area contributed by atoms with Gasteiger partial charge in [0.15, 0.2) is 0 Å². The molecule has 1 heterocycles. The average molecular weight is 649 g/mol. The normalized spacial score (nSPS) is 18.0. The van der Waals surface area contributed by atoms with E-state index in [0.717, 1.165) is 29.8 Å². The fourth-order valence-corrected chi connectivity index (χ4v) is 5.98. The maximum absolute atomic E-state index is 13.7. The Morgan fingerprint density at radius 3 is 2.27 bits per heavy atom. The number of alkyl halides is 3. The van der Waals surface area contributed by atoms with Crippen LogP contribution in [0.25, 0.3) is 0 Å². The highest BCUT2D eigenvalue weighted by molar-refractivity contribution is 7.89. The molecule has 0 unspecified atom stereocenters. The van der Waals surface area contributed by atoms with E-state index >= 15 is 0 Å². The van der Waals surface area contributed by atoms with Crippen LogP contribution in [-0.2, 0) is 16.2 Å². The summed E-state index contributed by atoms with van der Waals surface area (Å²) in [7, 11) is -2.40. The van der Waals surface area contributed by atoms with Crippen molar-refractivity contribution in [3.8, 4) is 5.75 Å². The molecular weight excluding hydrogens is 613 g/mol. The number of amides is 3. The number of fused-ring (bicyclic) bond motifs is 1. The van der Waals surface area contributed by atoms with Gasteiger partial charge in [-0.2, -0.15) is 17.5 Å². The third kappa shape index (κ3) is 7.93. The van der Waals surface area contributed by atoms with E-state index in [-0.39, 0.29) is 53.2 Å². The van der Waals surface area contributed by atoms with Crippen molar-refractivity contribution in [1.29, 1.82) is 0 Å². The van der Waals surface area contributed by atoms with E-state index in [4.69, 9.17) is 4.74 Å². The molecule has 3 aromatic carbocycles. The summed E-state index contributed by atoms with van der Waals surface area (Å²) < 4.78 is 72.6. The van der Waals surface area contributed by atoms with Crippen molar-refractivity contribution in [2.75, 3.05) is 37.4 Å². The molecule has 0 saturated carbocycles. The number of benzene rings is 3. The van der Waals surface area contributed by atoms with Gasteiger partial charge in [0.05, 0.1) is 35.2 Å². The fourth-order valence-electron chi connectivity index (χ4n) is 4.80. The van der Waals surface area contributed by atoms with Gasteiger partial charge in [-0.25, -0.2) is 13.2 Å². The van der Waals surface area contributed by atoms with Crippen LogP contribution in [0.4, 0.5) is 29.3 Å². The molecule has 0 aromatic heterocycles. The molecule has 4 rings (SSSR count). The first-order valence-electron chi connectivity index (χ1n) is 14.1. The number of anilines is 2. The Kier molecular flexibility index (Phi) is 10.1. The van der Waals surface area contributed by atoms with E-state index in [0.29, 0.717) is 0 Å². The average Bonchev–Trinajstić information content (AvgIpc) is 2.98. The Morgan fingerprint density at radius 2 is 1.67 bits per heavy atom. The van der Waals surface area contributed by atoms with Crippen molar-refractivity contribution in [2.45, 2.75) is 44.0 Å². The standard InChI is InChI=1S/C31H35F3N4O6S/c1-19-5-12-25(13-6-19)45(42,43)37(4)17-28-20(2)16-38(21(3)18-39)29(40)26-15-24(11-14-27(26)44-28)36-30(41)35-23-9-7-22(8-10-23)31(32,33)34/h5-15,20-21,28,39H,16-18H2,1-4H3,(H2,35,36,41)/t20-,21-,28-/m0/s1. The maximum atomic E-state index is 13.7. The number of carbonyl (C=O) groups excluding carboxylic acids is 2. The van der Waals surface area contributed by atoms with Gasteiger partial charge in [0, 0.05) is 30.9 Å². The monoisotopic (exact) mass is 648 g/mol. The number of urea groups is 1. The zero-order chi connectivity index (χ0) is 33.1. The van der Waals surface area contributed by atoms with Gasteiger partial charge < -0.3 is 25.4 Å². The third-order valence-electron chi connectivity index (χ3n) is 7.56. The zero-order valence-electron chi connectivity index (χ0n) is 25.1. The minimum atomic E-state index is -4.51. The number of hydrogen-bond donors (Lipinski definition) is 3. The lowest BCUT2D eigenvalue weighted by atomic mass is 9.99. The molecule has 0 aliphatic carbocycles. The minimum Gasteiger partial charge on any atom is -0.488 e. The lowest BCUT2D eigenvalue weighted by Gasteiger charge is -2.38. The Balaban J connectivity index is 1.58. The number of sulfonamides is 1. The fraction of sp³-hybridized carbons (Fsp3) is 0.355. The summed E-state index contributed by atoms with van der Waals surface area (Å²) in [5, 5.41) is 14.9. The van der Waals surface area contributed by atoms with Crippen LogP contribution in [-0.4, -0.2) is 73.6 Å². The summed E-state index contributed by atoms with van der Waals surface area (Å²) in [6.45, 7) is 5.14. The van der Waals surface area contributed by atoms with Crippen LogP contribution in [0.5, 0.6) is 5.75 Å². The molecule has 45 heavy (non-hydrogen) atoms. The van der Waals surface area contributed by atoms with Gasteiger partial charge in [-0.3, -0.25) is 4.79 Å². The summed E-state index contributed by atoms with van der Waals surface area (Å²) in [5.41, 5.74) is 0.441. The summed E-state index contributed by atoms with van der Waals surface area (Å²) in [4.78, 5) is 27.9. The molecule has 3 aromatic rings. The highest BCUT2D eigenvalue weighted by atomic mass is 32.2. The number of ether oxygens (including phenoxy) is 1. The third-order valence-corrected chi connectivity index (χ3v) is 9.40. The molecule has 0 bridgehead atoms. The Bertz CT molecular complexity index is 1630. The number of aliphatic hydroxyl groups excluding tert-OH is 1. The van der Waals surface area contributed by atoms with Gasteiger partial charge in [0.1, 0.15) is 11.9 Å². The van der Waals surface area contributed by atoms with Gasteiger partial charge >= 0.3 is 12.2 Å². The quantitative estimate of drug-likeness (QED) is 0.308. The summed E-state index contributed by atoms with van der Waals surface area (Å²) >= 11 is 0. The van der Waals surface area contributed by atoms with E-state index in [1.54, 1.807) is 19.1 Å². The van der Waals surface area contributed by atoms with Crippen molar-refractivity contribution in [3.63, 3.8) is 0 Å². The van der Waals surface area contributed by atoms with Crippen LogP contribution in [0.2, 0.25) is 0 Å². The molecular formula is C31H35F3N4O6S. The summed E-state index contributed by atoms with van der Waals surface area (Å²) in [6.07, 6.45) is -5.21. The van der Waals surface area contributed by atoms with Gasteiger partial charge in [0.2, 0.25) is 10.0 Å². The van der Waals surface area contributed by atoms with E-state index < -0.39 is 45.8 Å². The molecule has 0 fully saturated rings. The largest absolute Gasteiger partial charge is 0.488 e. The second-order valence-corrected chi connectivity index (χ2v) is 13.1. The highest BCUT2D eigenvalue weighted by Gasteiger charge is 2.35. The number of nitrogens with one attached hydrogen (secondary N) is 2. The second-order valence-electron chi connectivity index (χ2n) is 11.1. The number of hydrogen-bond acceptors (Lipinski definition) is 6. The van der Waals surface area contributed by atoms with Gasteiger partial charge in [-0.1, -0.05) is 24.6 Å². The number of aliphatic hydroxyl groups is 1. The van der Waals surface area contributed by atoms with Gasteiger partial charge in [0.25, 0.3) is 5.91 Å². The number of nitrogens with zero attached hydrogens (tertiary/aromatic N) is 2. The lowest BCUT2D eigenvalue weighted by Crippen LogP contribution is -2.50. The molecule has 3 amide bonds. The van der Waals surface area contributed by atoms with Crippen molar-refractivity contribution < 1.29 is 41.0 Å². The number of halogens is 3. The smallest absolute Gasteiger partial charge is 0.416 e. The molecule has 242 valence electrons. The first-order chi connectivity index (χ1) is 21.1. The zero-order valence-corrected chi connectivity index (χ0v) is 25.9. The van der Waals surface area contributed by atoms with Crippen LogP contribution in [0.1, 0.15) is 35.3 Å². The SMILES string of the molecule is Cc1ccc(S(=O)(=O)N(C)C[C@@H]2Oc3ccc(NC(=O)Nc4ccc(C(F)(F)F)cc4)cc3C(=O)N([C@@H](C)CO)C[C@@H]2C)cc1. The molecule has 0 radical (unpaired) electrons. The lowest BCUT2D eigenvalue weighted by molar-refractivity contribution is -0.137. The summed E-state index contributed by atoms with van der Waals surface area (Å²) in [6, 6.07) is 13.4. The van der Waals surface area contributed by atoms with E-state index in [1.807, 2.05) is 13.8 Å². The van der Waals surface area contributed by atoms with E-state index in [9.17, 15) is 36.3 Å². The predicted molar refractivity (Wildman–Crippen MR) is 163 cm³/mol. The predicted octanol–water partition coefficient (Wildman–Crippen LogP) is 5.20. The van der Waals surface area contributed by atoms with Crippen molar-refractivity contribution in [1.82, 2.24) is 9.21 Å². The van der Waals surface area contributed by atoms with Crippen LogP contribution in [0.15, 0.2) is 71.6 Å². The van der Waals surface area contributed by atoms with Crippen molar-refractivity contribution >= 4 is 33.3 Å². The van der Waals surface area contributed by atoms with E-state index in [1.165, 1.54) is 46.6 Å². The molecule has 0 saturated heterocycles. The molecule has 3 atom stereocenters. The molecule has 10 nitrogen and oxygen atoms in total. The van der Waals surface area contributed by atoms with Gasteiger partial charge in [-0.15, -0.1) is 0 Å². The number of likely N-dealkylation sites (N-methyl/N-ethyl adjacent to an activating group) is 1. The van der Waals surface area contributed by atoms with E-state index in [2.05, 4.69) is 10.6 Å². The van der Waals surface area contributed by atoms with Crippen molar-refractivity contribution in [3.05, 3.63) is 83.4 Å². The molecule has 3 N–H and O–H groups in total. The minimum absolute atomic E-state index is 0.0398. The first-order valence-corrected chi connectivity index (χ1v) is 15.5. The number of aryl methyl sites for hydroxylation is 1. The van der Waals surface area contributed by atoms with Crippen LogP contribution in [0, 0.1) is 12.8 Å². The molecule has 0 spiro atoms. The topological polar surface area (TPSA) is 128 Å². The van der Waals surface area contributed by atoms with Crippen LogP contribution in [0.3, 0.4) is 0 Å². The Morgan fingerprint density at radius 1 is 1.07 bits per heavy atom. The molecule has 14 heteroatoms. The molecule has 1 aliphatic rings. The first kappa shape index (κ1) is 33.7. The molecule has 1 aliphatic heterocycles. The Hall–Kier alpha value is -4.14. The van der Waals surface area contributed by atoms with Crippen LogP contribution < -0.4 is 15.4 Å². The number of rotatable bonds is 8. The maximum Gasteiger partial charge on any atom is 0.416 e. The Labute approximate surface area is 259 Å². The number of carbonyl (C=O) groups is 2. The second kappa shape index (κ2) is 13.5. The van der Waals surface area contributed by atoms with Crippen LogP contribution >= 0.6 is 0 Å². The van der Waals surface area contributed by atoms with Crippen molar-refractivity contribution in [2.24, 2.45) is 5.92 Å². The highest BCUT2D eigenvalue weighted by Crippen LogP contribution is 2.32. The van der Waals surface area contributed by atoms with Gasteiger partial charge in [-0.05, 0) is 68.4 Å².